The van der Waals surface area contributed by atoms with Crippen LogP contribution in [0.1, 0.15) is 33.6 Å². The van der Waals surface area contributed by atoms with Crippen LogP contribution in [0.15, 0.2) is 30.3 Å². The highest BCUT2D eigenvalue weighted by Crippen LogP contribution is 2.22. The third-order valence-corrected chi connectivity index (χ3v) is 3.23. The monoisotopic (exact) mass is 263 g/mol. The van der Waals surface area contributed by atoms with Crippen LogP contribution in [0.3, 0.4) is 0 Å². The normalized spacial score (nSPS) is 11.2. The van der Waals surface area contributed by atoms with Gasteiger partial charge in [-0.2, -0.15) is 0 Å². The topological polar surface area (TPSA) is 58.4 Å². The first-order chi connectivity index (χ1) is 9.01. The quantitative estimate of drug-likeness (QED) is 0.451. The van der Waals surface area contributed by atoms with Gasteiger partial charge in [-0.3, -0.25) is 10.2 Å². The van der Waals surface area contributed by atoms with Crippen LogP contribution in [0, 0.1) is 5.41 Å². The van der Waals surface area contributed by atoms with E-state index in [4.69, 9.17) is 5.84 Å². The van der Waals surface area contributed by atoms with Crippen molar-refractivity contribution in [3.8, 4) is 0 Å². The van der Waals surface area contributed by atoms with E-state index < -0.39 is 5.41 Å². The Labute approximate surface area is 115 Å². The summed E-state index contributed by atoms with van der Waals surface area (Å²) in [5, 5.41) is 0. The zero-order chi connectivity index (χ0) is 14.3. The summed E-state index contributed by atoms with van der Waals surface area (Å²) < 4.78 is 0. The van der Waals surface area contributed by atoms with Crippen molar-refractivity contribution in [2.75, 3.05) is 18.0 Å². The number of nitrogens with one attached hydrogen (secondary N) is 1. The molecule has 1 amide bonds. The molecular formula is C15H25N3O. The van der Waals surface area contributed by atoms with Crippen molar-refractivity contribution in [1.82, 2.24) is 5.43 Å². The van der Waals surface area contributed by atoms with Crippen LogP contribution in [0.5, 0.6) is 0 Å². The van der Waals surface area contributed by atoms with Crippen LogP contribution in [0.25, 0.3) is 0 Å². The molecule has 3 N–H and O–H groups in total. The number of para-hydroxylation sites is 1. The molecule has 4 heteroatoms. The van der Waals surface area contributed by atoms with Gasteiger partial charge in [0.25, 0.3) is 0 Å². The minimum atomic E-state index is -0.516. The zero-order valence-corrected chi connectivity index (χ0v) is 12.1. The first kappa shape index (κ1) is 15.5. The number of carbonyl (C=O) groups excluding carboxylic acids is 1. The standard InChI is InChI=1S/C15H25N3O/c1-4-5-11-18(13-9-7-6-8-10-13)12-15(2,3)14(19)17-16/h6-10H,4-5,11-12,16H2,1-3H3,(H,17,19). The molecule has 1 rings (SSSR count). The Morgan fingerprint density at radius 3 is 2.47 bits per heavy atom. The second-order valence-electron chi connectivity index (χ2n) is 5.47. The van der Waals surface area contributed by atoms with Crippen molar-refractivity contribution in [2.45, 2.75) is 33.6 Å². The number of unbranched alkanes of at least 4 members (excludes halogenated alkanes) is 1. The molecule has 0 aliphatic rings. The van der Waals surface area contributed by atoms with Crippen molar-refractivity contribution in [2.24, 2.45) is 11.3 Å². The Hall–Kier alpha value is -1.55. The van der Waals surface area contributed by atoms with Gasteiger partial charge in [0.1, 0.15) is 0 Å². The Bertz CT molecular complexity index is 390. The maximum Gasteiger partial charge on any atom is 0.241 e. The molecule has 0 unspecified atom stereocenters. The second-order valence-corrected chi connectivity index (χ2v) is 5.47. The molecule has 0 saturated heterocycles. The summed E-state index contributed by atoms with van der Waals surface area (Å²) in [4.78, 5) is 14.1. The third kappa shape index (κ3) is 4.56. The number of hydrogen-bond acceptors (Lipinski definition) is 3. The SMILES string of the molecule is CCCCN(CC(C)(C)C(=O)NN)c1ccccc1. The van der Waals surface area contributed by atoms with Gasteiger partial charge in [-0.15, -0.1) is 0 Å². The Morgan fingerprint density at radius 1 is 1.32 bits per heavy atom. The first-order valence-electron chi connectivity index (χ1n) is 6.82. The number of benzene rings is 1. The zero-order valence-electron chi connectivity index (χ0n) is 12.1. The maximum atomic E-state index is 11.8. The molecule has 0 aromatic heterocycles. The predicted octanol–water partition coefficient (Wildman–Crippen LogP) is 2.31. The fraction of sp³-hybridized carbons (Fsp3) is 0.533. The molecule has 0 spiro atoms. The molecule has 19 heavy (non-hydrogen) atoms. The van der Waals surface area contributed by atoms with Crippen molar-refractivity contribution in [1.29, 1.82) is 0 Å². The van der Waals surface area contributed by atoms with E-state index in [0.717, 1.165) is 25.1 Å². The van der Waals surface area contributed by atoms with Gasteiger partial charge in [0.2, 0.25) is 5.91 Å². The summed E-state index contributed by atoms with van der Waals surface area (Å²) in [6, 6.07) is 10.2. The Balaban J connectivity index is 2.84. The number of amides is 1. The van der Waals surface area contributed by atoms with Crippen molar-refractivity contribution < 1.29 is 4.79 Å². The number of nitrogens with zero attached hydrogens (tertiary/aromatic N) is 1. The second kappa shape index (κ2) is 7.14. The Morgan fingerprint density at radius 2 is 1.95 bits per heavy atom. The van der Waals surface area contributed by atoms with Crippen molar-refractivity contribution in [3.63, 3.8) is 0 Å². The van der Waals surface area contributed by atoms with Crippen LogP contribution in [0.2, 0.25) is 0 Å². The fourth-order valence-electron chi connectivity index (χ4n) is 2.03. The summed E-state index contributed by atoms with van der Waals surface area (Å²) in [6.07, 6.45) is 2.24. The average molecular weight is 263 g/mol. The van der Waals surface area contributed by atoms with Gasteiger partial charge in [0, 0.05) is 18.8 Å². The number of rotatable bonds is 7. The predicted molar refractivity (Wildman–Crippen MR) is 79.7 cm³/mol. The van der Waals surface area contributed by atoms with Crippen molar-refractivity contribution >= 4 is 11.6 Å². The van der Waals surface area contributed by atoms with Crippen LogP contribution in [-0.2, 0) is 4.79 Å². The summed E-state index contributed by atoms with van der Waals surface area (Å²) in [7, 11) is 0. The molecule has 0 radical (unpaired) electrons. The maximum absolute atomic E-state index is 11.8. The molecule has 0 aliphatic carbocycles. The van der Waals surface area contributed by atoms with Gasteiger partial charge in [-0.25, -0.2) is 5.84 Å². The number of carbonyl (C=O) groups is 1. The van der Waals surface area contributed by atoms with Gasteiger partial charge < -0.3 is 4.90 Å². The molecule has 0 saturated carbocycles. The largest absolute Gasteiger partial charge is 0.370 e. The minimum absolute atomic E-state index is 0.134. The van der Waals surface area contributed by atoms with Crippen LogP contribution in [0.4, 0.5) is 5.69 Å². The molecule has 0 heterocycles. The number of anilines is 1. The highest BCUT2D eigenvalue weighted by atomic mass is 16.2. The van der Waals surface area contributed by atoms with Gasteiger partial charge >= 0.3 is 0 Å². The molecule has 0 atom stereocenters. The van der Waals surface area contributed by atoms with E-state index in [1.54, 1.807) is 0 Å². The number of hydrogen-bond donors (Lipinski definition) is 2. The van der Waals surface area contributed by atoms with Gasteiger partial charge in [-0.05, 0) is 32.4 Å². The van der Waals surface area contributed by atoms with Gasteiger partial charge in [0.05, 0.1) is 5.41 Å². The van der Waals surface area contributed by atoms with Gasteiger partial charge in [-0.1, -0.05) is 31.5 Å². The molecule has 0 aliphatic heterocycles. The molecule has 1 aromatic rings. The summed E-state index contributed by atoms with van der Waals surface area (Å²) in [5.41, 5.74) is 2.88. The van der Waals surface area contributed by atoms with E-state index in [-0.39, 0.29) is 5.91 Å². The smallest absolute Gasteiger partial charge is 0.241 e. The summed E-state index contributed by atoms with van der Waals surface area (Å²) in [5.74, 6) is 5.12. The van der Waals surface area contributed by atoms with Crippen LogP contribution >= 0.6 is 0 Å². The molecule has 106 valence electrons. The number of hydrazine groups is 1. The molecule has 4 nitrogen and oxygen atoms in total. The lowest BCUT2D eigenvalue weighted by atomic mass is 9.91. The van der Waals surface area contributed by atoms with E-state index >= 15 is 0 Å². The Kier molecular flexibility index (Phi) is 5.83. The molecule has 1 aromatic carbocycles. The van der Waals surface area contributed by atoms with E-state index in [1.807, 2.05) is 32.0 Å². The molecular weight excluding hydrogens is 238 g/mol. The summed E-state index contributed by atoms with van der Waals surface area (Å²) >= 11 is 0. The molecule has 0 bridgehead atoms. The van der Waals surface area contributed by atoms with Gasteiger partial charge in [0.15, 0.2) is 0 Å². The van der Waals surface area contributed by atoms with E-state index in [0.29, 0.717) is 6.54 Å². The third-order valence-electron chi connectivity index (χ3n) is 3.23. The highest BCUT2D eigenvalue weighted by Gasteiger charge is 2.29. The fourth-order valence-corrected chi connectivity index (χ4v) is 2.03. The van der Waals surface area contributed by atoms with E-state index in [1.165, 1.54) is 0 Å². The lowest BCUT2D eigenvalue weighted by Crippen LogP contribution is -2.47. The minimum Gasteiger partial charge on any atom is -0.370 e. The number of nitrogens with two attached hydrogens (primary N) is 1. The first-order valence-corrected chi connectivity index (χ1v) is 6.82. The molecule has 0 fully saturated rings. The average Bonchev–Trinajstić information content (AvgIpc) is 2.43. The highest BCUT2D eigenvalue weighted by molar-refractivity contribution is 5.82. The summed E-state index contributed by atoms with van der Waals surface area (Å²) in [6.45, 7) is 7.59. The van der Waals surface area contributed by atoms with Crippen LogP contribution in [-0.4, -0.2) is 19.0 Å². The van der Waals surface area contributed by atoms with Crippen molar-refractivity contribution in [3.05, 3.63) is 30.3 Å². The van der Waals surface area contributed by atoms with Crippen LogP contribution < -0.4 is 16.2 Å². The lowest BCUT2D eigenvalue weighted by Gasteiger charge is -2.33. The lowest BCUT2D eigenvalue weighted by molar-refractivity contribution is -0.128. The van der Waals surface area contributed by atoms with E-state index in [2.05, 4.69) is 29.4 Å². The van der Waals surface area contributed by atoms with E-state index in [9.17, 15) is 4.79 Å².